The highest BCUT2D eigenvalue weighted by Gasteiger charge is 2.16. The van der Waals surface area contributed by atoms with Gasteiger partial charge in [0.05, 0.1) is 10.4 Å². The second-order valence-electron chi connectivity index (χ2n) is 3.92. The zero-order chi connectivity index (χ0) is 12.6. The zero-order valence-corrected chi connectivity index (χ0v) is 9.61. The molecule has 1 heterocycles. The highest BCUT2D eigenvalue weighted by molar-refractivity contribution is 6.01. The molecule has 1 N–H and O–H groups in total. The van der Waals surface area contributed by atoms with E-state index in [0.717, 1.165) is 23.1 Å². The molecule has 0 amide bonds. The number of nitro groups is 1. The molecule has 0 aliphatic carbocycles. The molecule has 0 unspecified atom stereocenters. The molecule has 0 bridgehead atoms. The molecular weight excluding hydrogens is 220 g/mol. The third-order valence-electron chi connectivity index (χ3n) is 2.92. The number of carbonyl (C=O) groups is 1. The van der Waals surface area contributed by atoms with Gasteiger partial charge >= 0.3 is 0 Å². The van der Waals surface area contributed by atoms with Crippen LogP contribution in [-0.4, -0.2) is 16.2 Å². The summed E-state index contributed by atoms with van der Waals surface area (Å²) in [6, 6.07) is 2.99. The second kappa shape index (κ2) is 4.01. The summed E-state index contributed by atoms with van der Waals surface area (Å²) in [4.78, 5) is 24.5. The summed E-state index contributed by atoms with van der Waals surface area (Å²) < 4.78 is 0. The minimum absolute atomic E-state index is 0.0245. The molecule has 5 heteroatoms. The van der Waals surface area contributed by atoms with Crippen LogP contribution in [0.25, 0.3) is 10.9 Å². The standard InChI is InChI=1S/C12H12N2O3/c1-3-8-4-9(14(16)17)5-10-11(6-15)7(2)13-12(8)10/h4-6,13H,3H2,1-2H3. The van der Waals surface area contributed by atoms with Crippen LogP contribution in [0.4, 0.5) is 5.69 Å². The van der Waals surface area contributed by atoms with Gasteiger partial charge in [-0.15, -0.1) is 0 Å². The monoisotopic (exact) mass is 232 g/mol. The number of fused-ring (bicyclic) bond motifs is 1. The molecule has 0 aliphatic heterocycles. The topological polar surface area (TPSA) is 76.0 Å². The third kappa shape index (κ3) is 1.69. The summed E-state index contributed by atoms with van der Waals surface area (Å²) in [7, 11) is 0. The molecule has 0 atom stereocenters. The first-order valence-corrected chi connectivity index (χ1v) is 5.33. The van der Waals surface area contributed by atoms with Crippen LogP contribution in [0.15, 0.2) is 12.1 Å². The number of rotatable bonds is 3. The SMILES string of the molecule is CCc1cc([N+](=O)[O-])cc2c(C=O)c(C)[nH]c12. The Morgan fingerprint density at radius 1 is 1.47 bits per heavy atom. The maximum Gasteiger partial charge on any atom is 0.270 e. The van der Waals surface area contributed by atoms with Gasteiger partial charge in [0.2, 0.25) is 0 Å². The fourth-order valence-corrected chi connectivity index (χ4v) is 2.04. The summed E-state index contributed by atoms with van der Waals surface area (Å²) >= 11 is 0. The molecule has 2 aromatic rings. The highest BCUT2D eigenvalue weighted by Crippen LogP contribution is 2.29. The van der Waals surface area contributed by atoms with Crippen molar-refractivity contribution in [2.45, 2.75) is 20.3 Å². The van der Waals surface area contributed by atoms with Gasteiger partial charge in [-0.1, -0.05) is 6.92 Å². The van der Waals surface area contributed by atoms with E-state index in [9.17, 15) is 14.9 Å². The summed E-state index contributed by atoms with van der Waals surface area (Å²) in [6.07, 6.45) is 1.41. The lowest BCUT2D eigenvalue weighted by atomic mass is 10.1. The van der Waals surface area contributed by atoms with Gasteiger partial charge in [0.25, 0.3) is 5.69 Å². The molecule has 0 radical (unpaired) electrons. The van der Waals surface area contributed by atoms with E-state index in [1.807, 2.05) is 6.92 Å². The fraction of sp³-hybridized carbons (Fsp3) is 0.250. The van der Waals surface area contributed by atoms with E-state index in [4.69, 9.17) is 0 Å². The van der Waals surface area contributed by atoms with Gasteiger partial charge in [-0.2, -0.15) is 0 Å². The van der Waals surface area contributed by atoms with Gasteiger partial charge in [0.15, 0.2) is 6.29 Å². The number of non-ortho nitro benzene ring substituents is 1. The smallest absolute Gasteiger partial charge is 0.270 e. The number of aryl methyl sites for hydroxylation is 2. The first kappa shape index (κ1) is 11.3. The van der Waals surface area contributed by atoms with E-state index in [1.165, 1.54) is 6.07 Å². The number of carbonyl (C=O) groups excluding carboxylic acids is 1. The molecule has 0 spiro atoms. The first-order chi connectivity index (χ1) is 8.08. The van der Waals surface area contributed by atoms with Crippen molar-refractivity contribution >= 4 is 22.9 Å². The van der Waals surface area contributed by atoms with E-state index >= 15 is 0 Å². The van der Waals surface area contributed by atoms with Crippen LogP contribution in [-0.2, 0) is 6.42 Å². The van der Waals surface area contributed by atoms with Crippen molar-refractivity contribution < 1.29 is 9.72 Å². The molecule has 17 heavy (non-hydrogen) atoms. The lowest BCUT2D eigenvalue weighted by molar-refractivity contribution is -0.384. The number of hydrogen-bond donors (Lipinski definition) is 1. The molecule has 1 aromatic heterocycles. The van der Waals surface area contributed by atoms with Crippen LogP contribution in [0.2, 0.25) is 0 Å². The largest absolute Gasteiger partial charge is 0.358 e. The van der Waals surface area contributed by atoms with Gasteiger partial charge in [-0.25, -0.2) is 0 Å². The highest BCUT2D eigenvalue weighted by atomic mass is 16.6. The number of hydrogen-bond acceptors (Lipinski definition) is 3. The number of aromatic amines is 1. The van der Waals surface area contributed by atoms with Crippen LogP contribution in [0, 0.1) is 17.0 Å². The van der Waals surface area contributed by atoms with Crippen LogP contribution < -0.4 is 0 Å². The number of nitrogens with zero attached hydrogens (tertiary/aromatic N) is 1. The average Bonchev–Trinajstić information content (AvgIpc) is 2.62. The minimum atomic E-state index is -0.435. The van der Waals surface area contributed by atoms with Crippen molar-refractivity contribution in [3.8, 4) is 0 Å². The quantitative estimate of drug-likeness (QED) is 0.502. The first-order valence-electron chi connectivity index (χ1n) is 5.33. The van der Waals surface area contributed by atoms with Crippen molar-refractivity contribution in [3.05, 3.63) is 39.1 Å². The molecule has 0 fully saturated rings. The summed E-state index contributed by atoms with van der Waals surface area (Å²) in [6.45, 7) is 3.71. The zero-order valence-electron chi connectivity index (χ0n) is 9.61. The van der Waals surface area contributed by atoms with Crippen molar-refractivity contribution in [3.63, 3.8) is 0 Å². The van der Waals surface area contributed by atoms with Crippen molar-refractivity contribution in [2.24, 2.45) is 0 Å². The van der Waals surface area contributed by atoms with Crippen LogP contribution in [0.3, 0.4) is 0 Å². The predicted molar refractivity (Wildman–Crippen MR) is 64.5 cm³/mol. The molecular formula is C12H12N2O3. The third-order valence-corrected chi connectivity index (χ3v) is 2.92. The lowest BCUT2D eigenvalue weighted by Crippen LogP contribution is -1.91. The number of H-pyrrole nitrogens is 1. The van der Waals surface area contributed by atoms with E-state index in [-0.39, 0.29) is 5.69 Å². The molecule has 0 saturated heterocycles. The van der Waals surface area contributed by atoms with Gasteiger partial charge in [0, 0.05) is 28.8 Å². The summed E-state index contributed by atoms with van der Waals surface area (Å²) in [5.74, 6) is 0. The van der Waals surface area contributed by atoms with E-state index in [2.05, 4.69) is 4.98 Å². The van der Waals surface area contributed by atoms with Crippen LogP contribution >= 0.6 is 0 Å². The van der Waals surface area contributed by atoms with E-state index < -0.39 is 4.92 Å². The van der Waals surface area contributed by atoms with Gasteiger partial charge < -0.3 is 4.98 Å². The lowest BCUT2D eigenvalue weighted by Gasteiger charge is -2.00. The Labute approximate surface area is 97.6 Å². The maximum absolute atomic E-state index is 11.0. The van der Waals surface area contributed by atoms with Gasteiger partial charge in [0.1, 0.15) is 0 Å². The van der Waals surface area contributed by atoms with E-state index in [0.29, 0.717) is 17.4 Å². The Morgan fingerprint density at radius 3 is 2.71 bits per heavy atom. The molecule has 88 valence electrons. The van der Waals surface area contributed by atoms with Gasteiger partial charge in [-0.05, 0) is 18.9 Å². The average molecular weight is 232 g/mol. The van der Waals surface area contributed by atoms with Crippen molar-refractivity contribution in [2.75, 3.05) is 0 Å². The van der Waals surface area contributed by atoms with Crippen LogP contribution in [0.5, 0.6) is 0 Å². The number of nitro benzene ring substituents is 1. The molecule has 1 aromatic carbocycles. The fourth-order valence-electron chi connectivity index (χ4n) is 2.04. The van der Waals surface area contributed by atoms with E-state index in [1.54, 1.807) is 13.0 Å². The Kier molecular flexibility index (Phi) is 2.67. The van der Waals surface area contributed by atoms with Crippen LogP contribution in [0.1, 0.15) is 28.5 Å². The second-order valence-corrected chi connectivity index (χ2v) is 3.92. The molecule has 2 rings (SSSR count). The summed E-state index contributed by atoms with van der Waals surface area (Å²) in [5.41, 5.74) is 2.93. The number of nitrogens with one attached hydrogen (secondary N) is 1. The predicted octanol–water partition coefficient (Wildman–Crippen LogP) is 2.76. The summed E-state index contributed by atoms with van der Waals surface area (Å²) in [5, 5.41) is 11.5. The Bertz CT molecular complexity index is 614. The molecule has 5 nitrogen and oxygen atoms in total. The Hall–Kier alpha value is -2.17. The number of benzene rings is 1. The molecule has 0 aliphatic rings. The Morgan fingerprint density at radius 2 is 2.18 bits per heavy atom. The minimum Gasteiger partial charge on any atom is -0.358 e. The van der Waals surface area contributed by atoms with Gasteiger partial charge in [-0.3, -0.25) is 14.9 Å². The number of aldehydes is 1. The van der Waals surface area contributed by atoms with Crippen molar-refractivity contribution in [1.29, 1.82) is 0 Å². The normalized spacial score (nSPS) is 10.7. The maximum atomic E-state index is 11.0. The number of aromatic nitrogens is 1. The molecule has 0 saturated carbocycles. The van der Waals surface area contributed by atoms with Crippen molar-refractivity contribution in [1.82, 2.24) is 4.98 Å². The Balaban J connectivity index is 2.87.